The zero-order chi connectivity index (χ0) is 9.82. The molecule has 0 fully saturated rings. The Labute approximate surface area is 73.8 Å². The molecule has 70 valence electrons. The van der Waals surface area contributed by atoms with Crippen molar-refractivity contribution in [3.8, 4) is 0 Å². The summed E-state index contributed by atoms with van der Waals surface area (Å²) >= 11 is 0. The van der Waals surface area contributed by atoms with Crippen molar-refractivity contribution in [2.75, 3.05) is 13.1 Å². The largest absolute Gasteiger partial charge is 0.481 e. The van der Waals surface area contributed by atoms with Crippen LogP contribution >= 0.6 is 0 Å². The van der Waals surface area contributed by atoms with E-state index in [9.17, 15) is 0 Å². The van der Waals surface area contributed by atoms with Crippen molar-refractivity contribution in [1.29, 1.82) is 0 Å². The molecule has 0 aromatic heterocycles. The maximum Gasteiger partial charge on any atom is 0.300 e. The van der Waals surface area contributed by atoms with Gasteiger partial charge in [-0.3, -0.25) is 4.79 Å². The van der Waals surface area contributed by atoms with Gasteiger partial charge in [-0.05, 0) is 6.92 Å². The van der Waals surface area contributed by atoms with E-state index in [2.05, 4.69) is 18.0 Å². The summed E-state index contributed by atoms with van der Waals surface area (Å²) in [6, 6.07) is 0. The van der Waals surface area contributed by atoms with Gasteiger partial charge in [-0.2, -0.15) is 0 Å². The molecule has 0 unspecified atom stereocenters. The third-order valence-electron chi connectivity index (χ3n) is 0.787. The zero-order valence-corrected chi connectivity index (χ0v) is 7.71. The van der Waals surface area contributed by atoms with Crippen LogP contribution in [0.4, 0.5) is 0 Å². The minimum atomic E-state index is -0.833. The summed E-state index contributed by atoms with van der Waals surface area (Å²) in [5.41, 5.74) is 0. The normalized spacial score (nSPS) is 8.83. The number of carboxylic acids is 1. The molecule has 3 heteroatoms. The van der Waals surface area contributed by atoms with Gasteiger partial charge >= 0.3 is 0 Å². The molecule has 0 spiro atoms. The SMILES string of the molecule is C=CCNCC=CC.CC(=O)O. The van der Waals surface area contributed by atoms with Gasteiger partial charge in [0.2, 0.25) is 0 Å². The van der Waals surface area contributed by atoms with Crippen molar-refractivity contribution in [1.82, 2.24) is 5.32 Å². The van der Waals surface area contributed by atoms with Crippen LogP contribution in [0, 0.1) is 0 Å². The van der Waals surface area contributed by atoms with Crippen LogP contribution in [0.3, 0.4) is 0 Å². The van der Waals surface area contributed by atoms with E-state index in [4.69, 9.17) is 9.90 Å². The first-order chi connectivity index (χ1) is 5.65. The van der Waals surface area contributed by atoms with Crippen molar-refractivity contribution in [3.63, 3.8) is 0 Å². The second kappa shape index (κ2) is 12.6. The van der Waals surface area contributed by atoms with Gasteiger partial charge in [0.05, 0.1) is 0 Å². The first kappa shape index (κ1) is 13.5. The summed E-state index contributed by atoms with van der Waals surface area (Å²) in [4.78, 5) is 9.00. The van der Waals surface area contributed by atoms with E-state index in [0.717, 1.165) is 20.0 Å². The standard InChI is InChI=1S/C7H13N.C2H4O2/c1-3-5-7-8-6-4-2;1-2(3)4/h3-5,8H,2,6-7H2,1H3;1H3,(H,3,4). The van der Waals surface area contributed by atoms with Crippen LogP contribution in [0.25, 0.3) is 0 Å². The Balaban J connectivity index is 0. The topological polar surface area (TPSA) is 49.3 Å². The molecule has 12 heavy (non-hydrogen) atoms. The summed E-state index contributed by atoms with van der Waals surface area (Å²) in [7, 11) is 0. The number of nitrogens with one attached hydrogen (secondary N) is 1. The number of carbonyl (C=O) groups is 1. The molecule has 2 N–H and O–H groups in total. The fraction of sp³-hybridized carbons (Fsp3) is 0.444. The number of aliphatic carboxylic acids is 1. The van der Waals surface area contributed by atoms with E-state index in [0.29, 0.717) is 0 Å². The summed E-state index contributed by atoms with van der Waals surface area (Å²) in [5.74, 6) is -0.833. The molecule has 0 amide bonds. The highest BCUT2D eigenvalue weighted by Crippen LogP contribution is 1.66. The average molecular weight is 171 g/mol. The molecule has 0 atom stereocenters. The number of hydrogen-bond acceptors (Lipinski definition) is 2. The van der Waals surface area contributed by atoms with Crippen molar-refractivity contribution >= 4 is 5.97 Å². The number of hydrogen-bond donors (Lipinski definition) is 2. The molecule has 0 rings (SSSR count). The molecule has 3 nitrogen and oxygen atoms in total. The quantitative estimate of drug-likeness (QED) is 0.497. The minimum absolute atomic E-state index is 0.833. The highest BCUT2D eigenvalue weighted by Gasteiger charge is 1.71. The van der Waals surface area contributed by atoms with Gasteiger partial charge in [-0.15, -0.1) is 6.58 Å². The van der Waals surface area contributed by atoms with E-state index in [1.54, 1.807) is 0 Å². The highest BCUT2D eigenvalue weighted by molar-refractivity contribution is 5.62. The summed E-state index contributed by atoms with van der Waals surface area (Å²) in [6.07, 6.45) is 5.95. The first-order valence-corrected chi connectivity index (χ1v) is 3.77. The fourth-order valence-electron chi connectivity index (χ4n) is 0.387. The summed E-state index contributed by atoms with van der Waals surface area (Å²) < 4.78 is 0. The summed E-state index contributed by atoms with van der Waals surface area (Å²) in [5, 5.41) is 10.5. The smallest absolute Gasteiger partial charge is 0.300 e. The van der Waals surface area contributed by atoms with Crippen LogP contribution in [-0.4, -0.2) is 24.2 Å². The van der Waals surface area contributed by atoms with E-state index < -0.39 is 5.97 Å². The molecule has 0 bridgehead atoms. The second-order valence-electron chi connectivity index (χ2n) is 2.03. The molecule has 0 aliphatic heterocycles. The van der Waals surface area contributed by atoms with Gasteiger partial charge in [0.1, 0.15) is 0 Å². The maximum absolute atomic E-state index is 9.00. The lowest BCUT2D eigenvalue weighted by Gasteiger charge is -1.91. The molecule has 0 aromatic carbocycles. The van der Waals surface area contributed by atoms with Gasteiger partial charge < -0.3 is 10.4 Å². The minimum Gasteiger partial charge on any atom is -0.481 e. The third kappa shape index (κ3) is 36.5. The Morgan fingerprint density at radius 2 is 2.08 bits per heavy atom. The second-order valence-corrected chi connectivity index (χ2v) is 2.03. The third-order valence-corrected chi connectivity index (χ3v) is 0.787. The predicted octanol–water partition coefficient (Wildman–Crippen LogP) is 1.43. The van der Waals surface area contributed by atoms with Crippen molar-refractivity contribution in [2.45, 2.75) is 13.8 Å². The molecule has 0 saturated heterocycles. The predicted molar refractivity (Wildman–Crippen MR) is 51.2 cm³/mol. The Morgan fingerprint density at radius 1 is 1.58 bits per heavy atom. The molecular weight excluding hydrogens is 154 g/mol. The lowest BCUT2D eigenvalue weighted by molar-refractivity contribution is -0.134. The fourth-order valence-corrected chi connectivity index (χ4v) is 0.387. The van der Waals surface area contributed by atoms with Gasteiger partial charge in [0.15, 0.2) is 0 Å². The molecule has 0 aliphatic rings. The van der Waals surface area contributed by atoms with Gasteiger partial charge in [0.25, 0.3) is 5.97 Å². The Kier molecular flexibility index (Phi) is 14.1. The molecule has 0 radical (unpaired) electrons. The van der Waals surface area contributed by atoms with Crippen LogP contribution in [0.2, 0.25) is 0 Å². The molecule has 0 aromatic rings. The van der Waals surface area contributed by atoms with Crippen molar-refractivity contribution in [2.24, 2.45) is 0 Å². The number of carboxylic acid groups (broad SMARTS) is 1. The van der Waals surface area contributed by atoms with Crippen LogP contribution in [0.15, 0.2) is 24.8 Å². The lowest BCUT2D eigenvalue weighted by atomic mass is 10.5. The highest BCUT2D eigenvalue weighted by atomic mass is 16.4. The van der Waals surface area contributed by atoms with E-state index in [1.807, 2.05) is 19.1 Å². The van der Waals surface area contributed by atoms with Crippen LogP contribution < -0.4 is 5.32 Å². The van der Waals surface area contributed by atoms with Crippen molar-refractivity contribution < 1.29 is 9.90 Å². The van der Waals surface area contributed by atoms with E-state index in [-0.39, 0.29) is 0 Å². The molecule has 0 heterocycles. The van der Waals surface area contributed by atoms with Crippen molar-refractivity contribution in [3.05, 3.63) is 24.8 Å². The van der Waals surface area contributed by atoms with Gasteiger partial charge in [0, 0.05) is 20.0 Å². The van der Waals surface area contributed by atoms with Gasteiger partial charge in [-0.25, -0.2) is 0 Å². The van der Waals surface area contributed by atoms with Crippen LogP contribution in [0.5, 0.6) is 0 Å². The monoisotopic (exact) mass is 171 g/mol. The van der Waals surface area contributed by atoms with E-state index in [1.165, 1.54) is 0 Å². The Bertz CT molecular complexity index is 137. The summed E-state index contributed by atoms with van der Waals surface area (Å²) in [6.45, 7) is 8.50. The molecule has 0 saturated carbocycles. The van der Waals surface area contributed by atoms with Crippen LogP contribution in [-0.2, 0) is 4.79 Å². The number of rotatable bonds is 4. The lowest BCUT2D eigenvalue weighted by Crippen LogP contribution is -2.12. The zero-order valence-electron chi connectivity index (χ0n) is 7.71. The number of allylic oxidation sites excluding steroid dienone is 1. The van der Waals surface area contributed by atoms with Gasteiger partial charge in [-0.1, -0.05) is 18.2 Å². The maximum atomic E-state index is 9.00. The average Bonchev–Trinajstić information content (AvgIpc) is 1.97. The van der Waals surface area contributed by atoms with E-state index >= 15 is 0 Å². The Hall–Kier alpha value is -1.09. The molecular formula is C9H17NO2. The first-order valence-electron chi connectivity index (χ1n) is 3.77. The van der Waals surface area contributed by atoms with Crippen LogP contribution in [0.1, 0.15) is 13.8 Å². The Morgan fingerprint density at radius 3 is 2.42 bits per heavy atom. The molecule has 0 aliphatic carbocycles.